The van der Waals surface area contributed by atoms with E-state index >= 15 is 0 Å². The highest BCUT2D eigenvalue weighted by molar-refractivity contribution is 6.22. The third-order valence-corrected chi connectivity index (χ3v) is 9.28. The molecule has 0 unspecified atom stereocenters. The number of hydrogen-bond acceptors (Lipinski definition) is 1. The molecule has 10 aromatic rings. The number of nitrogens with zero attached hydrogens (tertiary/aromatic N) is 4. The van der Waals surface area contributed by atoms with Crippen LogP contribution in [0, 0.1) is 0 Å². The highest BCUT2D eigenvalue weighted by Gasteiger charge is 2.19. The van der Waals surface area contributed by atoms with Crippen LogP contribution in [0.4, 0.5) is 0 Å². The molecule has 210 valence electrons. The van der Waals surface area contributed by atoms with E-state index in [0.717, 1.165) is 22.4 Å². The standard InChI is InChI=1S/C41H26N4/c1-3-11-28(12-4-1)43-26-42-36-22-20-30(24-40(36)43)44-37-17-9-8-16-32(37)35-25-34-27(23-39(35)44)19-21-33-31-15-7-10-18-38(31)45(41(33)34)29-13-5-2-6-14-29/h1-26H. The third-order valence-electron chi connectivity index (χ3n) is 9.28. The first kappa shape index (κ1) is 24.3. The van der Waals surface area contributed by atoms with Gasteiger partial charge >= 0.3 is 0 Å². The van der Waals surface area contributed by atoms with Crippen LogP contribution >= 0.6 is 0 Å². The average molecular weight is 575 g/mol. The molecule has 0 saturated carbocycles. The highest BCUT2D eigenvalue weighted by Crippen LogP contribution is 2.41. The summed E-state index contributed by atoms with van der Waals surface area (Å²) < 4.78 is 7.00. The quantitative estimate of drug-likeness (QED) is 0.206. The fraction of sp³-hybridized carbons (Fsp3) is 0. The Kier molecular flexibility index (Phi) is 4.96. The molecule has 4 heteroatoms. The van der Waals surface area contributed by atoms with Crippen molar-refractivity contribution in [3.8, 4) is 17.1 Å². The van der Waals surface area contributed by atoms with Crippen LogP contribution in [-0.2, 0) is 0 Å². The van der Waals surface area contributed by atoms with Gasteiger partial charge in [-0.3, -0.25) is 4.57 Å². The molecule has 0 radical (unpaired) electrons. The lowest BCUT2D eigenvalue weighted by molar-refractivity contribution is 1.09. The number of imidazole rings is 1. The Morgan fingerprint density at radius 3 is 1.82 bits per heavy atom. The van der Waals surface area contributed by atoms with Crippen LogP contribution in [0.5, 0.6) is 0 Å². The second kappa shape index (κ2) is 9.18. The lowest BCUT2D eigenvalue weighted by atomic mass is 10.0. The van der Waals surface area contributed by atoms with Gasteiger partial charge in [0.05, 0.1) is 33.1 Å². The van der Waals surface area contributed by atoms with Crippen molar-refractivity contribution in [3.05, 3.63) is 158 Å². The van der Waals surface area contributed by atoms with Crippen molar-refractivity contribution < 1.29 is 0 Å². The van der Waals surface area contributed by atoms with E-state index in [2.05, 4.69) is 159 Å². The summed E-state index contributed by atoms with van der Waals surface area (Å²) in [5.41, 5.74) is 10.3. The van der Waals surface area contributed by atoms with Gasteiger partial charge in [-0.25, -0.2) is 4.98 Å². The van der Waals surface area contributed by atoms with Crippen molar-refractivity contribution in [1.29, 1.82) is 0 Å². The number of aromatic nitrogens is 4. The molecule has 0 aliphatic carbocycles. The third kappa shape index (κ3) is 3.45. The van der Waals surface area contributed by atoms with Gasteiger partial charge in [0.15, 0.2) is 0 Å². The molecule has 0 saturated heterocycles. The minimum Gasteiger partial charge on any atom is -0.309 e. The second-order valence-corrected chi connectivity index (χ2v) is 11.7. The second-order valence-electron chi connectivity index (χ2n) is 11.7. The zero-order chi connectivity index (χ0) is 29.5. The van der Waals surface area contributed by atoms with Gasteiger partial charge < -0.3 is 9.13 Å². The molecule has 3 aromatic heterocycles. The fourth-order valence-corrected chi connectivity index (χ4v) is 7.30. The molecule has 0 spiro atoms. The zero-order valence-corrected chi connectivity index (χ0v) is 24.3. The molecule has 0 amide bonds. The van der Waals surface area contributed by atoms with Crippen molar-refractivity contribution in [2.45, 2.75) is 0 Å². The van der Waals surface area contributed by atoms with Gasteiger partial charge in [-0.15, -0.1) is 0 Å². The average Bonchev–Trinajstić information content (AvgIpc) is 3.78. The summed E-state index contributed by atoms with van der Waals surface area (Å²) in [6.45, 7) is 0. The summed E-state index contributed by atoms with van der Waals surface area (Å²) >= 11 is 0. The predicted molar refractivity (Wildman–Crippen MR) is 187 cm³/mol. The zero-order valence-electron chi connectivity index (χ0n) is 24.3. The van der Waals surface area contributed by atoms with E-state index in [1.165, 1.54) is 60.1 Å². The number of rotatable bonds is 3. The Morgan fingerprint density at radius 1 is 0.378 bits per heavy atom. The highest BCUT2D eigenvalue weighted by atomic mass is 15.1. The molecular weight excluding hydrogens is 548 g/mol. The van der Waals surface area contributed by atoms with E-state index in [9.17, 15) is 0 Å². The number of benzene rings is 7. The topological polar surface area (TPSA) is 27.7 Å². The molecule has 0 fully saturated rings. The Hall–Kier alpha value is -6.13. The van der Waals surface area contributed by atoms with Crippen molar-refractivity contribution in [2.24, 2.45) is 0 Å². The normalized spacial score (nSPS) is 12.0. The Balaban J connectivity index is 1.30. The molecule has 0 bridgehead atoms. The summed E-state index contributed by atoms with van der Waals surface area (Å²) in [6.07, 6.45) is 1.92. The Bertz CT molecular complexity index is 2750. The van der Waals surface area contributed by atoms with Gasteiger partial charge in [-0.2, -0.15) is 0 Å². The minimum absolute atomic E-state index is 0.977. The van der Waals surface area contributed by atoms with E-state index in [1.807, 2.05) is 12.4 Å². The molecule has 0 aliphatic rings. The predicted octanol–water partition coefficient (Wildman–Crippen LogP) is 10.4. The van der Waals surface area contributed by atoms with Gasteiger partial charge in [-0.1, -0.05) is 84.9 Å². The first-order valence-corrected chi connectivity index (χ1v) is 15.3. The molecule has 0 N–H and O–H groups in total. The number of para-hydroxylation sites is 4. The molecule has 3 heterocycles. The molecule has 0 atom stereocenters. The lowest BCUT2D eigenvalue weighted by Gasteiger charge is -2.12. The molecular formula is C41H26N4. The Morgan fingerprint density at radius 2 is 1.04 bits per heavy atom. The van der Waals surface area contributed by atoms with Crippen LogP contribution in [0.2, 0.25) is 0 Å². The van der Waals surface area contributed by atoms with Crippen LogP contribution in [0.1, 0.15) is 0 Å². The maximum atomic E-state index is 4.71. The maximum Gasteiger partial charge on any atom is 0.100 e. The summed E-state index contributed by atoms with van der Waals surface area (Å²) in [5.74, 6) is 0. The van der Waals surface area contributed by atoms with Crippen molar-refractivity contribution in [2.75, 3.05) is 0 Å². The molecule has 4 nitrogen and oxygen atoms in total. The summed E-state index contributed by atoms with van der Waals surface area (Å²) in [6, 6.07) is 54.6. The van der Waals surface area contributed by atoms with E-state index in [1.54, 1.807) is 0 Å². The van der Waals surface area contributed by atoms with Gasteiger partial charge in [0.1, 0.15) is 6.33 Å². The molecule has 10 rings (SSSR count). The van der Waals surface area contributed by atoms with Gasteiger partial charge in [0.2, 0.25) is 0 Å². The largest absolute Gasteiger partial charge is 0.309 e. The van der Waals surface area contributed by atoms with Crippen LogP contribution < -0.4 is 0 Å². The number of fused-ring (bicyclic) bond motifs is 9. The number of hydrogen-bond donors (Lipinski definition) is 0. The van der Waals surface area contributed by atoms with E-state index in [-0.39, 0.29) is 0 Å². The SMILES string of the molecule is c1ccc(-n2cnc3ccc(-n4c5ccccc5c5cc6c(ccc7c8ccccc8n(-c8ccccc8)c67)cc54)cc32)cc1. The van der Waals surface area contributed by atoms with E-state index in [4.69, 9.17) is 4.98 Å². The van der Waals surface area contributed by atoms with Crippen LogP contribution in [0.3, 0.4) is 0 Å². The fourth-order valence-electron chi connectivity index (χ4n) is 7.30. The Labute approximate surface area is 258 Å². The van der Waals surface area contributed by atoms with E-state index in [0.29, 0.717) is 0 Å². The van der Waals surface area contributed by atoms with Crippen molar-refractivity contribution in [3.63, 3.8) is 0 Å². The molecule has 7 aromatic carbocycles. The maximum absolute atomic E-state index is 4.71. The van der Waals surface area contributed by atoms with Crippen molar-refractivity contribution >= 4 is 65.4 Å². The van der Waals surface area contributed by atoms with Crippen LogP contribution in [-0.4, -0.2) is 18.7 Å². The van der Waals surface area contributed by atoms with Gasteiger partial charge in [0, 0.05) is 44.0 Å². The summed E-state index contributed by atoms with van der Waals surface area (Å²) in [5, 5.41) is 7.49. The van der Waals surface area contributed by atoms with E-state index < -0.39 is 0 Å². The smallest absolute Gasteiger partial charge is 0.100 e. The lowest BCUT2D eigenvalue weighted by Crippen LogP contribution is -1.96. The molecule has 45 heavy (non-hydrogen) atoms. The summed E-state index contributed by atoms with van der Waals surface area (Å²) in [7, 11) is 0. The van der Waals surface area contributed by atoms with Crippen LogP contribution in [0.15, 0.2) is 158 Å². The molecule has 0 aliphatic heterocycles. The first-order chi connectivity index (χ1) is 22.3. The minimum atomic E-state index is 0.977. The van der Waals surface area contributed by atoms with Gasteiger partial charge in [-0.05, 0) is 72.1 Å². The monoisotopic (exact) mass is 574 g/mol. The van der Waals surface area contributed by atoms with Crippen LogP contribution in [0.25, 0.3) is 82.5 Å². The van der Waals surface area contributed by atoms with Crippen molar-refractivity contribution in [1.82, 2.24) is 18.7 Å². The summed E-state index contributed by atoms with van der Waals surface area (Å²) in [4.78, 5) is 4.71. The van der Waals surface area contributed by atoms with Gasteiger partial charge in [0.25, 0.3) is 0 Å². The first-order valence-electron chi connectivity index (χ1n) is 15.3.